The van der Waals surface area contributed by atoms with E-state index in [4.69, 9.17) is 0 Å². The predicted octanol–water partition coefficient (Wildman–Crippen LogP) is 6.80. The second-order valence-corrected chi connectivity index (χ2v) is 8.46. The normalized spacial score (nSPS) is 15.3. The first kappa shape index (κ1) is 17.8. The second kappa shape index (κ2) is 8.22. The van der Waals surface area contributed by atoms with Gasteiger partial charge in [-0.05, 0) is 42.1 Å². The summed E-state index contributed by atoms with van der Waals surface area (Å²) in [5, 5.41) is 0. The zero-order chi connectivity index (χ0) is 15.2. The first-order valence-electron chi connectivity index (χ1n) is 8.04. The van der Waals surface area contributed by atoms with Gasteiger partial charge in [0.1, 0.15) is 0 Å². The van der Waals surface area contributed by atoms with Gasteiger partial charge in [-0.3, -0.25) is 0 Å². The third kappa shape index (κ3) is 5.99. The van der Waals surface area contributed by atoms with Crippen molar-refractivity contribution in [2.24, 2.45) is 11.3 Å². The van der Waals surface area contributed by atoms with Gasteiger partial charge in [0.15, 0.2) is 0 Å². The van der Waals surface area contributed by atoms with Crippen LogP contribution in [0, 0.1) is 11.3 Å². The summed E-state index contributed by atoms with van der Waals surface area (Å²) in [4.78, 5) is 0.585. The molecule has 0 aliphatic rings. The lowest BCUT2D eigenvalue weighted by molar-refractivity contribution is 0.242. The Bertz CT molecular complexity index is 367. The minimum absolute atomic E-state index is 0.397. The van der Waals surface area contributed by atoms with E-state index in [1.807, 2.05) is 0 Å². The van der Waals surface area contributed by atoms with E-state index in [1.54, 1.807) is 0 Å². The molecule has 0 fully saturated rings. The summed E-state index contributed by atoms with van der Waals surface area (Å²) < 4.78 is 0. The molecule has 0 bridgehead atoms. The molecule has 0 amide bonds. The molecule has 114 valence electrons. The summed E-state index contributed by atoms with van der Waals surface area (Å²) in [7, 11) is 0. The average Bonchev–Trinajstić information content (AvgIpc) is 2.36. The van der Waals surface area contributed by atoms with Gasteiger partial charge in [-0.1, -0.05) is 87.3 Å². The molecule has 0 saturated carbocycles. The largest absolute Gasteiger partial charge is 0.0884 e. The van der Waals surface area contributed by atoms with E-state index < -0.39 is 0 Å². The van der Waals surface area contributed by atoms with E-state index in [0.29, 0.717) is 16.2 Å². The first-order chi connectivity index (χ1) is 9.35. The maximum absolute atomic E-state index is 3.96. The van der Waals surface area contributed by atoms with Crippen LogP contribution in [0.4, 0.5) is 0 Å². The number of rotatable bonds is 8. The number of benzene rings is 1. The van der Waals surface area contributed by atoms with Crippen molar-refractivity contribution in [2.45, 2.75) is 71.0 Å². The summed E-state index contributed by atoms with van der Waals surface area (Å²) in [6.45, 7) is 11.8. The van der Waals surface area contributed by atoms with E-state index in [0.717, 1.165) is 5.92 Å². The molecule has 0 aliphatic heterocycles. The van der Waals surface area contributed by atoms with Crippen molar-refractivity contribution in [2.75, 3.05) is 0 Å². The van der Waals surface area contributed by atoms with Crippen molar-refractivity contribution in [3.63, 3.8) is 0 Å². The molecule has 0 heterocycles. The molecule has 1 aromatic rings. The van der Waals surface area contributed by atoms with E-state index >= 15 is 0 Å². The molecule has 1 rings (SSSR count). The Labute approximate surface area is 134 Å². The maximum Gasteiger partial charge on any atom is 0.0214 e. The molecule has 0 nitrogen and oxygen atoms in total. The molecule has 0 N–H and O–H groups in total. The zero-order valence-electron chi connectivity index (χ0n) is 13.8. The SMILES string of the molecule is CCCC(Br)C(CC(C)(C)CC(C)C)c1ccccc1. The number of halogens is 1. The van der Waals surface area contributed by atoms with Crippen LogP contribution in [0.2, 0.25) is 0 Å². The van der Waals surface area contributed by atoms with Gasteiger partial charge in [-0.2, -0.15) is 0 Å². The van der Waals surface area contributed by atoms with Crippen LogP contribution in [0.25, 0.3) is 0 Å². The quantitative estimate of drug-likeness (QED) is 0.457. The Kier molecular flexibility index (Phi) is 7.29. The van der Waals surface area contributed by atoms with Crippen LogP contribution in [0.5, 0.6) is 0 Å². The lowest BCUT2D eigenvalue weighted by atomic mass is 9.74. The molecular weight excluding hydrogens is 308 g/mol. The molecule has 0 radical (unpaired) electrons. The van der Waals surface area contributed by atoms with Gasteiger partial charge in [0.2, 0.25) is 0 Å². The zero-order valence-corrected chi connectivity index (χ0v) is 15.4. The molecule has 2 atom stereocenters. The van der Waals surface area contributed by atoms with E-state index in [9.17, 15) is 0 Å². The standard InChI is InChI=1S/C19H31Br/c1-6-10-18(20)17(16-11-8-7-9-12-16)14-19(4,5)13-15(2)3/h7-9,11-12,15,17-18H,6,10,13-14H2,1-5H3. The van der Waals surface area contributed by atoms with Crippen LogP contribution in [-0.4, -0.2) is 4.83 Å². The van der Waals surface area contributed by atoms with Gasteiger partial charge >= 0.3 is 0 Å². The van der Waals surface area contributed by atoms with Gasteiger partial charge in [0.05, 0.1) is 0 Å². The summed E-state index contributed by atoms with van der Waals surface area (Å²) >= 11 is 3.96. The molecule has 1 heteroatoms. The molecule has 0 saturated heterocycles. The number of hydrogen-bond acceptors (Lipinski definition) is 0. The van der Waals surface area contributed by atoms with Crippen LogP contribution in [0.1, 0.15) is 71.8 Å². The lowest BCUT2D eigenvalue weighted by Gasteiger charge is -2.34. The Hall–Kier alpha value is -0.300. The van der Waals surface area contributed by atoms with Gasteiger partial charge < -0.3 is 0 Å². The molecule has 0 aromatic heterocycles. The van der Waals surface area contributed by atoms with Crippen molar-refractivity contribution < 1.29 is 0 Å². The Morgan fingerprint density at radius 2 is 1.65 bits per heavy atom. The van der Waals surface area contributed by atoms with Crippen molar-refractivity contribution in [1.29, 1.82) is 0 Å². The van der Waals surface area contributed by atoms with Crippen LogP contribution in [-0.2, 0) is 0 Å². The summed E-state index contributed by atoms with van der Waals surface area (Å²) in [6.07, 6.45) is 5.04. The minimum atomic E-state index is 0.397. The van der Waals surface area contributed by atoms with Gasteiger partial charge in [-0.25, -0.2) is 0 Å². The smallest absolute Gasteiger partial charge is 0.0214 e. The van der Waals surface area contributed by atoms with Crippen LogP contribution >= 0.6 is 15.9 Å². The van der Waals surface area contributed by atoms with Crippen molar-refractivity contribution in [1.82, 2.24) is 0 Å². The fraction of sp³-hybridized carbons (Fsp3) is 0.684. The fourth-order valence-corrected chi connectivity index (χ4v) is 4.37. The molecule has 20 heavy (non-hydrogen) atoms. The van der Waals surface area contributed by atoms with E-state index in [-0.39, 0.29) is 0 Å². The fourth-order valence-electron chi connectivity index (χ4n) is 3.42. The van der Waals surface area contributed by atoms with Crippen LogP contribution < -0.4 is 0 Å². The molecular formula is C19H31Br. The second-order valence-electron chi connectivity index (χ2n) is 7.29. The third-order valence-corrected chi connectivity index (χ3v) is 5.06. The van der Waals surface area contributed by atoms with Crippen LogP contribution in [0.15, 0.2) is 30.3 Å². The first-order valence-corrected chi connectivity index (χ1v) is 8.96. The Morgan fingerprint density at radius 1 is 1.05 bits per heavy atom. The monoisotopic (exact) mass is 338 g/mol. The molecule has 0 spiro atoms. The third-order valence-electron chi connectivity index (χ3n) is 3.96. The van der Waals surface area contributed by atoms with Gasteiger partial charge in [0.25, 0.3) is 0 Å². The average molecular weight is 339 g/mol. The highest BCUT2D eigenvalue weighted by Crippen LogP contribution is 2.41. The maximum atomic E-state index is 3.96. The topological polar surface area (TPSA) is 0 Å². The molecule has 2 unspecified atom stereocenters. The predicted molar refractivity (Wildman–Crippen MR) is 94.7 cm³/mol. The Morgan fingerprint density at radius 3 is 2.15 bits per heavy atom. The lowest BCUT2D eigenvalue weighted by Crippen LogP contribution is -2.23. The van der Waals surface area contributed by atoms with Crippen molar-refractivity contribution in [3.8, 4) is 0 Å². The van der Waals surface area contributed by atoms with E-state index in [2.05, 4.69) is 80.9 Å². The van der Waals surface area contributed by atoms with Gasteiger partial charge in [-0.15, -0.1) is 0 Å². The Balaban J connectivity index is 2.88. The minimum Gasteiger partial charge on any atom is -0.0884 e. The summed E-state index contributed by atoms with van der Waals surface area (Å²) in [5.74, 6) is 1.38. The highest BCUT2D eigenvalue weighted by molar-refractivity contribution is 9.09. The van der Waals surface area contributed by atoms with Crippen LogP contribution in [0.3, 0.4) is 0 Å². The highest BCUT2D eigenvalue weighted by atomic mass is 79.9. The molecule has 1 aromatic carbocycles. The number of hydrogen-bond donors (Lipinski definition) is 0. The summed E-state index contributed by atoms with van der Waals surface area (Å²) in [5.41, 5.74) is 1.88. The summed E-state index contributed by atoms with van der Waals surface area (Å²) in [6, 6.07) is 11.0. The molecule has 0 aliphatic carbocycles. The van der Waals surface area contributed by atoms with Crippen molar-refractivity contribution >= 4 is 15.9 Å². The van der Waals surface area contributed by atoms with Crippen molar-refractivity contribution in [3.05, 3.63) is 35.9 Å². The van der Waals surface area contributed by atoms with Gasteiger partial charge in [0, 0.05) is 4.83 Å². The highest BCUT2D eigenvalue weighted by Gasteiger charge is 2.29. The van der Waals surface area contributed by atoms with E-state index in [1.165, 1.54) is 31.2 Å². The number of alkyl halides is 1.